The number of benzene rings is 1. The van der Waals surface area contributed by atoms with Gasteiger partial charge in [-0.3, -0.25) is 0 Å². The molecule has 1 aromatic carbocycles. The van der Waals surface area contributed by atoms with Crippen molar-refractivity contribution in [3.8, 4) is 11.3 Å². The molecule has 0 radical (unpaired) electrons. The van der Waals surface area contributed by atoms with E-state index in [-0.39, 0.29) is 0 Å². The average molecular weight is 270 g/mol. The van der Waals surface area contributed by atoms with Gasteiger partial charge in [-0.05, 0) is 44.5 Å². The van der Waals surface area contributed by atoms with Gasteiger partial charge in [0.25, 0.3) is 0 Å². The number of anilines is 1. The molecule has 3 heteroatoms. The van der Waals surface area contributed by atoms with Gasteiger partial charge in [-0.25, -0.2) is 4.98 Å². The average Bonchev–Trinajstić information content (AvgIpc) is 2.37. The summed E-state index contributed by atoms with van der Waals surface area (Å²) in [5.74, 6) is 0. The lowest BCUT2D eigenvalue weighted by Gasteiger charge is -2.15. The lowest BCUT2D eigenvalue weighted by Crippen LogP contribution is -2.37. The summed E-state index contributed by atoms with van der Waals surface area (Å²) in [6.07, 6.45) is 0. The molecule has 2 aromatic rings. The number of rotatable bonds is 2. The molecule has 1 aromatic heterocycles. The molecule has 2 rings (SSSR count). The molecular weight excluding hydrogens is 246 g/mol. The minimum absolute atomic E-state index is 1.08. The second-order valence-electron chi connectivity index (χ2n) is 5.67. The molecule has 1 heterocycles. The first-order chi connectivity index (χ1) is 9.32. The van der Waals surface area contributed by atoms with Gasteiger partial charge < -0.3 is 4.90 Å². The van der Waals surface area contributed by atoms with Gasteiger partial charge in [-0.2, -0.15) is 4.57 Å². The molecule has 0 aliphatic carbocycles. The van der Waals surface area contributed by atoms with Crippen LogP contribution in [-0.2, 0) is 7.05 Å². The maximum Gasteiger partial charge on any atom is 0.234 e. The van der Waals surface area contributed by atoms with Crippen molar-refractivity contribution in [2.24, 2.45) is 7.05 Å². The Balaban J connectivity index is 2.66. The first-order valence-electron chi connectivity index (χ1n) is 6.95. The third-order valence-electron chi connectivity index (χ3n) is 4.02. The molecule has 0 fully saturated rings. The van der Waals surface area contributed by atoms with Gasteiger partial charge in [0, 0.05) is 26.7 Å². The van der Waals surface area contributed by atoms with E-state index in [2.05, 4.69) is 81.5 Å². The smallest absolute Gasteiger partial charge is 0.234 e. The minimum atomic E-state index is 1.08. The van der Waals surface area contributed by atoms with Crippen molar-refractivity contribution >= 4 is 5.69 Å². The molecule has 0 unspecified atom stereocenters. The number of aromatic nitrogens is 2. The van der Waals surface area contributed by atoms with Crippen LogP contribution < -0.4 is 9.47 Å². The van der Waals surface area contributed by atoms with Crippen LogP contribution in [0.3, 0.4) is 0 Å². The highest BCUT2D eigenvalue weighted by atomic mass is 15.1. The highest BCUT2D eigenvalue weighted by Gasteiger charge is 2.21. The molecule has 0 amide bonds. The van der Waals surface area contributed by atoms with Crippen molar-refractivity contribution in [3.63, 3.8) is 0 Å². The molecule has 20 heavy (non-hydrogen) atoms. The Morgan fingerprint density at radius 3 is 2.20 bits per heavy atom. The van der Waals surface area contributed by atoms with Crippen molar-refractivity contribution in [1.29, 1.82) is 0 Å². The van der Waals surface area contributed by atoms with Crippen molar-refractivity contribution in [3.05, 3.63) is 40.8 Å². The quantitative estimate of drug-likeness (QED) is 0.782. The zero-order valence-corrected chi connectivity index (χ0v) is 13.6. The maximum atomic E-state index is 4.68. The van der Waals surface area contributed by atoms with Crippen LogP contribution in [0.5, 0.6) is 0 Å². The summed E-state index contributed by atoms with van der Waals surface area (Å²) in [5.41, 5.74) is 8.35. The summed E-state index contributed by atoms with van der Waals surface area (Å²) in [5, 5.41) is 0. The molecule has 106 valence electrons. The molecule has 0 bridgehead atoms. The SMILES string of the molecule is Cc1cc(N(C)C)ccc1-c1c(C)nc(C)c(C)[n+]1C. The van der Waals surface area contributed by atoms with Gasteiger partial charge in [0.1, 0.15) is 18.4 Å². The summed E-state index contributed by atoms with van der Waals surface area (Å²) in [4.78, 5) is 6.80. The lowest BCUT2D eigenvalue weighted by atomic mass is 10.0. The van der Waals surface area contributed by atoms with Crippen molar-refractivity contribution in [2.75, 3.05) is 19.0 Å². The van der Waals surface area contributed by atoms with E-state index in [1.807, 2.05) is 0 Å². The molecule has 0 atom stereocenters. The minimum Gasteiger partial charge on any atom is -0.378 e. The molecule has 3 nitrogen and oxygen atoms in total. The van der Waals surface area contributed by atoms with Crippen molar-refractivity contribution in [2.45, 2.75) is 27.7 Å². The van der Waals surface area contributed by atoms with E-state index in [0.717, 1.165) is 11.4 Å². The lowest BCUT2D eigenvalue weighted by molar-refractivity contribution is -0.667. The first-order valence-corrected chi connectivity index (χ1v) is 6.95. The molecule has 0 saturated carbocycles. The summed E-state index contributed by atoms with van der Waals surface area (Å²) in [6, 6.07) is 6.59. The maximum absolute atomic E-state index is 4.68. The molecule has 0 N–H and O–H groups in total. The van der Waals surface area contributed by atoms with Crippen LogP contribution >= 0.6 is 0 Å². The van der Waals surface area contributed by atoms with Gasteiger partial charge in [0.05, 0.1) is 5.56 Å². The van der Waals surface area contributed by atoms with Gasteiger partial charge in [0.15, 0.2) is 5.69 Å². The third kappa shape index (κ3) is 2.40. The Morgan fingerprint density at radius 1 is 1.00 bits per heavy atom. The van der Waals surface area contributed by atoms with E-state index in [9.17, 15) is 0 Å². The monoisotopic (exact) mass is 270 g/mol. The molecule has 0 aliphatic heterocycles. The molecular formula is C17H24N3+. The Morgan fingerprint density at radius 2 is 1.65 bits per heavy atom. The molecule has 0 saturated heterocycles. The number of nitrogens with zero attached hydrogens (tertiary/aromatic N) is 3. The van der Waals surface area contributed by atoms with Gasteiger partial charge in [-0.15, -0.1) is 0 Å². The van der Waals surface area contributed by atoms with Crippen LogP contribution in [0.4, 0.5) is 5.69 Å². The normalized spacial score (nSPS) is 10.8. The van der Waals surface area contributed by atoms with Crippen LogP contribution in [0, 0.1) is 27.7 Å². The van der Waals surface area contributed by atoms with Crippen LogP contribution in [0.25, 0.3) is 11.3 Å². The molecule has 0 spiro atoms. The van der Waals surface area contributed by atoms with Crippen LogP contribution in [-0.4, -0.2) is 19.1 Å². The van der Waals surface area contributed by atoms with E-state index < -0.39 is 0 Å². The Bertz CT molecular complexity index is 658. The topological polar surface area (TPSA) is 20.0 Å². The van der Waals surface area contributed by atoms with Gasteiger partial charge in [0.2, 0.25) is 5.69 Å². The standard InChI is InChI=1S/C17H24N3/c1-11-10-15(19(5)6)8-9-16(11)17-13(3)18-12(2)14(4)20(17)7/h8-10H,1-7H3/q+1. The fraction of sp³-hybridized carbons (Fsp3) is 0.412. The van der Waals surface area contributed by atoms with E-state index in [0.29, 0.717) is 0 Å². The second kappa shape index (κ2) is 5.23. The first kappa shape index (κ1) is 14.5. The number of hydrogen-bond donors (Lipinski definition) is 0. The number of aryl methyl sites for hydroxylation is 3. The van der Waals surface area contributed by atoms with Crippen LogP contribution in [0.15, 0.2) is 18.2 Å². The summed E-state index contributed by atoms with van der Waals surface area (Å²) in [6.45, 7) is 8.43. The summed E-state index contributed by atoms with van der Waals surface area (Å²) < 4.78 is 2.25. The zero-order valence-electron chi connectivity index (χ0n) is 13.6. The van der Waals surface area contributed by atoms with Crippen LogP contribution in [0.2, 0.25) is 0 Å². The predicted octanol–water partition coefficient (Wildman–Crippen LogP) is 2.87. The van der Waals surface area contributed by atoms with Crippen LogP contribution in [0.1, 0.15) is 22.6 Å². The van der Waals surface area contributed by atoms with E-state index in [4.69, 9.17) is 0 Å². The van der Waals surface area contributed by atoms with E-state index in [1.165, 1.54) is 28.2 Å². The third-order valence-corrected chi connectivity index (χ3v) is 4.02. The second-order valence-corrected chi connectivity index (χ2v) is 5.67. The van der Waals surface area contributed by atoms with E-state index in [1.54, 1.807) is 0 Å². The van der Waals surface area contributed by atoms with Crippen molar-refractivity contribution < 1.29 is 4.57 Å². The Kier molecular flexibility index (Phi) is 3.80. The zero-order chi connectivity index (χ0) is 15.0. The van der Waals surface area contributed by atoms with Gasteiger partial charge in [-0.1, -0.05) is 0 Å². The van der Waals surface area contributed by atoms with Crippen molar-refractivity contribution in [1.82, 2.24) is 4.98 Å². The fourth-order valence-electron chi connectivity index (χ4n) is 2.61. The number of hydrogen-bond acceptors (Lipinski definition) is 2. The Hall–Kier alpha value is -1.90. The summed E-state index contributed by atoms with van der Waals surface area (Å²) in [7, 11) is 6.25. The predicted molar refractivity (Wildman–Crippen MR) is 84.1 cm³/mol. The summed E-state index contributed by atoms with van der Waals surface area (Å²) >= 11 is 0. The Labute approximate surface area is 121 Å². The molecule has 0 aliphatic rings. The highest BCUT2D eigenvalue weighted by molar-refractivity contribution is 5.67. The van der Waals surface area contributed by atoms with E-state index >= 15 is 0 Å². The fourth-order valence-corrected chi connectivity index (χ4v) is 2.61. The largest absolute Gasteiger partial charge is 0.378 e. The van der Waals surface area contributed by atoms with Gasteiger partial charge >= 0.3 is 0 Å². The highest BCUT2D eigenvalue weighted by Crippen LogP contribution is 2.26.